The van der Waals surface area contributed by atoms with Crippen LogP contribution >= 0.6 is 0 Å². The van der Waals surface area contributed by atoms with E-state index >= 15 is 0 Å². The smallest absolute Gasteiger partial charge is 0.161 e. The number of benzene rings is 5. The van der Waals surface area contributed by atoms with Crippen LogP contribution in [0.3, 0.4) is 0 Å². The number of hydrogen-bond donors (Lipinski definition) is 0. The van der Waals surface area contributed by atoms with Gasteiger partial charge in [0.05, 0.1) is 132 Å². The van der Waals surface area contributed by atoms with Gasteiger partial charge in [0.15, 0.2) is 23.0 Å². The number of para-hydroxylation sites is 2. The Morgan fingerprint density at radius 2 is 0.683 bits per heavy atom. The zero-order valence-corrected chi connectivity index (χ0v) is 46.7. The standard InChI is InChI=1S/C64H78O18/c1-2-10-50-46-62-61(45-49(50)9-1)79-39-31-69-26-25-68-30-38-77-59-15-7-8-16-60(59)78-42-34-72-48-64(82-44-43-80-62)63-47-71-33-41-76-58-20-19-56(53-13-5-6-14-54(53)58)74-36-28-67-24-22-65-21-23-66-27-35-73-55-17-18-57(52-12-4-3-11-51(52)55)75-37-29-70-32-40-81-63/h1-20,45-46,54,58,63-64H,21-44,47-48H2. The lowest BCUT2D eigenvalue weighted by Crippen LogP contribution is -2.41. The lowest BCUT2D eigenvalue weighted by Gasteiger charge is -2.30. The number of hydrogen-bond acceptors (Lipinski definition) is 18. The average molecular weight is 1140 g/mol. The van der Waals surface area contributed by atoms with E-state index in [4.69, 9.17) is 85.3 Å². The quantitative estimate of drug-likeness (QED) is 0.146. The largest absolute Gasteiger partial charge is 0.491 e. The lowest BCUT2D eigenvalue weighted by atomic mass is 9.85. The van der Waals surface area contributed by atoms with Crippen molar-refractivity contribution in [1.29, 1.82) is 0 Å². The van der Waals surface area contributed by atoms with Crippen LogP contribution in [0.1, 0.15) is 0 Å². The molecular weight excluding hydrogens is 1060 g/mol. The zero-order valence-electron chi connectivity index (χ0n) is 46.7. The summed E-state index contributed by atoms with van der Waals surface area (Å²) in [6.45, 7) is 8.64. The molecule has 2 aliphatic carbocycles. The minimum atomic E-state index is -0.603. The van der Waals surface area contributed by atoms with Gasteiger partial charge in [-0.3, -0.25) is 0 Å². The van der Waals surface area contributed by atoms with Crippen LogP contribution in [0.25, 0.3) is 21.5 Å². The third-order valence-corrected chi connectivity index (χ3v) is 13.4. The van der Waals surface area contributed by atoms with Gasteiger partial charge >= 0.3 is 0 Å². The van der Waals surface area contributed by atoms with Crippen LogP contribution in [0, 0.1) is 5.92 Å². The van der Waals surface area contributed by atoms with Gasteiger partial charge < -0.3 is 85.3 Å². The minimum Gasteiger partial charge on any atom is -0.491 e. The topological polar surface area (TPSA) is 166 Å². The molecule has 10 rings (SSSR count). The van der Waals surface area contributed by atoms with Crippen molar-refractivity contribution < 1.29 is 85.3 Å². The predicted octanol–water partition coefficient (Wildman–Crippen LogP) is 8.56. The van der Waals surface area contributed by atoms with Crippen molar-refractivity contribution in [3.63, 3.8) is 0 Å². The maximum atomic E-state index is 6.64. The Bertz CT molecular complexity index is 2780. The highest BCUT2D eigenvalue weighted by Crippen LogP contribution is 2.36. The van der Waals surface area contributed by atoms with Gasteiger partial charge in [-0.05, 0) is 53.2 Å². The van der Waals surface area contributed by atoms with Crippen LogP contribution in [0.4, 0.5) is 0 Å². The molecule has 4 unspecified atom stereocenters. The molecule has 442 valence electrons. The molecule has 5 aromatic rings. The minimum absolute atomic E-state index is 0.0276. The molecule has 0 N–H and O–H groups in total. The normalized spacial score (nSPS) is 23.3. The Hall–Kier alpha value is -6.26. The second-order valence-corrected chi connectivity index (χ2v) is 19.1. The Kier molecular flexibility index (Phi) is 25.8. The molecule has 5 aliphatic rings. The van der Waals surface area contributed by atoms with Crippen molar-refractivity contribution in [2.24, 2.45) is 5.92 Å². The third-order valence-electron chi connectivity index (χ3n) is 13.4. The van der Waals surface area contributed by atoms with Gasteiger partial charge in [0.25, 0.3) is 0 Å². The Morgan fingerprint density at radius 3 is 1.22 bits per heavy atom. The molecule has 18 nitrogen and oxygen atoms in total. The molecule has 4 bridgehead atoms. The maximum absolute atomic E-state index is 6.64. The summed E-state index contributed by atoms with van der Waals surface area (Å²) in [7, 11) is 0. The van der Waals surface area contributed by atoms with Gasteiger partial charge in [-0.15, -0.1) is 0 Å². The molecule has 0 aromatic heterocycles. The molecule has 4 atom stereocenters. The summed E-state index contributed by atoms with van der Waals surface area (Å²) in [5.74, 6) is 4.63. The lowest BCUT2D eigenvalue weighted by molar-refractivity contribution is -0.139. The van der Waals surface area contributed by atoms with Crippen LogP contribution in [0.2, 0.25) is 0 Å². The molecule has 82 heavy (non-hydrogen) atoms. The van der Waals surface area contributed by atoms with E-state index in [1.165, 1.54) is 0 Å². The van der Waals surface area contributed by atoms with E-state index in [-0.39, 0.29) is 71.5 Å². The summed E-state index contributed by atoms with van der Waals surface area (Å²) < 4.78 is 111. The fraction of sp³-hybridized carbons (Fsp3) is 0.469. The van der Waals surface area contributed by atoms with Crippen LogP contribution in [-0.4, -0.2) is 190 Å². The van der Waals surface area contributed by atoms with E-state index in [0.29, 0.717) is 135 Å². The van der Waals surface area contributed by atoms with Crippen molar-refractivity contribution in [3.05, 3.63) is 145 Å². The monoisotopic (exact) mass is 1130 g/mol. The summed E-state index contributed by atoms with van der Waals surface area (Å²) in [4.78, 5) is 0. The fourth-order valence-electron chi connectivity index (χ4n) is 9.39. The van der Waals surface area contributed by atoms with E-state index in [9.17, 15) is 0 Å². The zero-order chi connectivity index (χ0) is 55.9. The van der Waals surface area contributed by atoms with Crippen molar-refractivity contribution in [3.8, 4) is 34.5 Å². The van der Waals surface area contributed by atoms with Gasteiger partial charge in [-0.1, -0.05) is 91.0 Å². The van der Waals surface area contributed by atoms with Crippen molar-refractivity contribution >= 4 is 21.5 Å². The van der Waals surface area contributed by atoms with E-state index in [1.807, 2.05) is 121 Å². The molecule has 5 aromatic carbocycles. The summed E-state index contributed by atoms with van der Waals surface area (Å²) in [5, 5.41) is 3.91. The molecule has 0 radical (unpaired) electrons. The van der Waals surface area contributed by atoms with Gasteiger partial charge in [0, 0.05) is 22.3 Å². The van der Waals surface area contributed by atoms with Crippen LogP contribution in [-0.2, 0) is 56.8 Å². The summed E-state index contributed by atoms with van der Waals surface area (Å²) in [6.07, 6.45) is 10.8. The first-order chi connectivity index (χ1) is 40.8. The van der Waals surface area contributed by atoms with Crippen LogP contribution in [0.15, 0.2) is 145 Å². The molecule has 0 spiro atoms. The predicted molar refractivity (Wildman–Crippen MR) is 307 cm³/mol. The second-order valence-electron chi connectivity index (χ2n) is 19.1. The van der Waals surface area contributed by atoms with E-state index in [2.05, 4.69) is 12.2 Å². The summed E-state index contributed by atoms with van der Waals surface area (Å²) in [5.41, 5.74) is 1.04. The molecule has 18 heteroatoms. The van der Waals surface area contributed by atoms with Crippen molar-refractivity contribution in [2.75, 3.05) is 172 Å². The highest BCUT2D eigenvalue weighted by molar-refractivity contribution is 5.93. The van der Waals surface area contributed by atoms with Gasteiger partial charge in [0.1, 0.15) is 75.7 Å². The van der Waals surface area contributed by atoms with Gasteiger partial charge in [0.2, 0.25) is 0 Å². The first-order valence-corrected chi connectivity index (χ1v) is 28.5. The molecule has 3 aliphatic heterocycles. The molecule has 3 heterocycles. The highest BCUT2D eigenvalue weighted by Gasteiger charge is 2.29. The van der Waals surface area contributed by atoms with E-state index in [0.717, 1.165) is 44.4 Å². The van der Waals surface area contributed by atoms with Gasteiger partial charge in [-0.2, -0.15) is 0 Å². The maximum Gasteiger partial charge on any atom is 0.161 e. The van der Waals surface area contributed by atoms with Crippen LogP contribution in [0.5, 0.6) is 34.5 Å². The third kappa shape index (κ3) is 19.4. The summed E-state index contributed by atoms with van der Waals surface area (Å²) in [6, 6.07) is 31.4. The molecule has 0 saturated heterocycles. The SMILES string of the molecule is C1=CC2=C3C=CC(OCCOCC(C4COCCOc5ccccc5OCCOCCOCCOc5cc6ccccc6cc5OCCO4)OCCOCCOc4ccc(c5ccccc45)OCCOCCOCCOCCO3)C2C=C1. The van der Waals surface area contributed by atoms with Crippen molar-refractivity contribution in [2.45, 2.75) is 18.3 Å². The average Bonchev–Trinajstić information content (AvgIpc) is 3.55. The van der Waals surface area contributed by atoms with E-state index in [1.54, 1.807) is 0 Å². The van der Waals surface area contributed by atoms with Crippen molar-refractivity contribution in [1.82, 2.24) is 0 Å². The second kappa shape index (κ2) is 35.0. The first kappa shape index (κ1) is 60.3. The molecule has 0 amide bonds. The molecule has 0 saturated carbocycles. The Labute approximate surface area is 480 Å². The fourth-order valence-corrected chi connectivity index (χ4v) is 9.39. The number of fused-ring (bicyclic) bond motifs is 28. The number of ether oxygens (including phenoxy) is 18. The first-order valence-electron chi connectivity index (χ1n) is 28.5. The van der Waals surface area contributed by atoms with Crippen LogP contribution < -0.4 is 28.4 Å². The van der Waals surface area contributed by atoms with E-state index < -0.39 is 12.2 Å². The Morgan fingerprint density at radius 1 is 0.293 bits per heavy atom. The Balaban J connectivity index is 0.873. The summed E-state index contributed by atoms with van der Waals surface area (Å²) >= 11 is 0. The molecular formula is C64H78O18. The molecule has 0 fully saturated rings. The van der Waals surface area contributed by atoms with Gasteiger partial charge in [-0.25, -0.2) is 0 Å². The number of allylic oxidation sites excluding steroid dienone is 4. The highest BCUT2D eigenvalue weighted by atomic mass is 16.6. The number of rotatable bonds is 1.